The Kier molecular flexibility index (Phi) is 6.50. The standard InChI is InChI=1S/C19H18F3NO5/c1-11-4-9-16(26-3)15(10-11)18(25)27-12(2)17(24)23-13-5-7-14(8-6-13)28-19(20,21)22/h4-10,12H,1-3H3,(H,23,24)/t12-/m0/s1. The predicted octanol–water partition coefficient (Wildman–Crippen LogP) is 4.09. The molecule has 1 amide bonds. The molecule has 2 rings (SSSR count). The summed E-state index contributed by atoms with van der Waals surface area (Å²) in [6, 6.07) is 9.52. The van der Waals surface area contributed by atoms with E-state index < -0.39 is 30.1 Å². The Hall–Kier alpha value is -3.23. The van der Waals surface area contributed by atoms with Gasteiger partial charge in [0.1, 0.15) is 17.1 Å². The fourth-order valence-electron chi connectivity index (χ4n) is 2.24. The average Bonchev–Trinajstić information content (AvgIpc) is 2.62. The van der Waals surface area contributed by atoms with Gasteiger partial charge in [-0.1, -0.05) is 11.6 Å². The molecule has 0 heterocycles. The molecule has 2 aromatic carbocycles. The number of carbonyl (C=O) groups is 2. The van der Waals surface area contributed by atoms with Gasteiger partial charge in [0.25, 0.3) is 5.91 Å². The van der Waals surface area contributed by atoms with Gasteiger partial charge in [-0.3, -0.25) is 4.79 Å². The molecule has 0 aliphatic heterocycles. The molecule has 0 fully saturated rings. The van der Waals surface area contributed by atoms with Crippen molar-refractivity contribution in [3.8, 4) is 11.5 Å². The topological polar surface area (TPSA) is 73.9 Å². The number of amides is 1. The van der Waals surface area contributed by atoms with E-state index in [0.717, 1.165) is 17.7 Å². The van der Waals surface area contributed by atoms with Crippen molar-refractivity contribution in [2.24, 2.45) is 0 Å². The van der Waals surface area contributed by atoms with Crippen molar-refractivity contribution in [1.29, 1.82) is 0 Å². The zero-order chi connectivity index (χ0) is 20.9. The molecule has 1 atom stereocenters. The zero-order valence-electron chi connectivity index (χ0n) is 15.3. The summed E-state index contributed by atoms with van der Waals surface area (Å²) in [5.41, 5.74) is 1.21. The van der Waals surface area contributed by atoms with Gasteiger partial charge in [0.2, 0.25) is 0 Å². The molecule has 0 radical (unpaired) electrons. The van der Waals surface area contributed by atoms with Crippen LogP contribution in [-0.2, 0) is 9.53 Å². The molecule has 6 nitrogen and oxygen atoms in total. The number of anilines is 1. The Morgan fingerprint density at radius 1 is 1.07 bits per heavy atom. The molecule has 1 N–H and O–H groups in total. The summed E-state index contributed by atoms with van der Waals surface area (Å²) in [6.45, 7) is 3.16. The number of aryl methyl sites for hydroxylation is 1. The van der Waals surface area contributed by atoms with Crippen LogP contribution in [-0.4, -0.2) is 31.5 Å². The molecule has 0 aliphatic rings. The van der Waals surface area contributed by atoms with Crippen LogP contribution in [0.5, 0.6) is 11.5 Å². The van der Waals surface area contributed by atoms with Crippen molar-refractivity contribution in [2.75, 3.05) is 12.4 Å². The maximum absolute atomic E-state index is 12.3. The van der Waals surface area contributed by atoms with Crippen molar-refractivity contribution in [3.63, 3.8) is 0 Å². The third kappa shape index (κ3) is 5.90. The summed E-state index contributed by atoms with van der Waals surface area (Å²) in [5, 5.41) is 2.44. The van der Waals surface area contributed by atoms with Crippen LogP contribution in [0.4, 0.5) is 18.9 Å². The first-order valence-corrected chi connectivity index (χ1v) is 8.11. The lowest BCUT2D eigenvalue weighted by atomic mass is 10.1. The molecular formula is C19H18F3NO5. The van der Waals surface area contributed by atoms with Crippen LogP contribution in [0.1, 0.15) is 22.8 Å². The van der Waals surface area contributed by atoms with E-state index in [1.165, 1.54) is 26.2 Å². The van der Waals surface area contributed by atoms with E-state index in [1.54, 1.807) is 25.1 Å². The van der Waals surface area contributed by atoms with Gasteiger partial charge in [-0.15, -0.1) is 13.2 Å². The van der Waals surface area contributed by atoms with Gasteiger partial charge in [0, 0.05) is 5.69 Å². The number of nitrogens with one attached hydrogen (secondary N) is 1. The molecular weight excluding hydrogens is 379 g/mol. The number of hydrogen-bond donors (Lipinski definition) is 1. The Bertz CT molecular complexity index is 850. The Balaban J connectivity index is 1.99. The summed E-state index contributed by atoms with van der Waals surface area (Å²) in [7, 11) is 1.41. The second-order valence-corrected chi connectivity index (χ2v) is 5.81. The van der Waals surface area contributed by atoms with Gasteiger partial charge in [-0.2, -0.15) is 0 Å². The highest BCUT2D eigenvalue weighted by Crippen LogP contribution is 2.24. The largest absolute Gasteiger partial charge is 0.573 e. The maximum atomic E-state index is 12.3. The molecule has 2 aromatic rings. The zero-order valence-corrected chi connectivity index (χ0v) is 15.3. The minimum atomic E-state index is -4.80. The van der Waals surface area contributed by atoms with E-state index in [4.69, 9.17) is 9.47 Å². The smallest absolute Gasteiger partial charge is 0.496 e. The normalized spacial score (nSPS) is 12.1. The van der Waals surface area contributed by atoms with E-state index in [1.807, 2.05) is 0 Å². The van der Waals surface area contributed by atoms with Gasteiger partial charge in [-0.25, -0.2) is 4.79 Å². The fraction of sp³-hybridized carbons (Fsp3) is 0.263. The fourth-order valence-corrected chi connectivity index (χ4v) is 2.24. The number of alkyl halides is 3. The third-order valence-electron chi connectivity index (χ3n) is 3.58. The Labute approximate surface area is 159 Å². The minimum Gasteiger partial charge on any atom is -0.496 e. The first-order chi connectivity index (χ1) is 13.1. The summed E-state index contributed by atoms with van der Waals surface area (Å²) < 4.78 is 50.5. The first-order valence-electron chi connectivity index (χ1n) is 8.11. The number of halogens is 3. The van der Waals surface area contributed by atoms with E-state index >= 15 is 0 Å². The van der Waals surface area contributed by atoms with Crippen LogP contribution < -0.4 is 14.8 Å². The second kappa shape index (κ2) is 8.64. The summed E-state index contributed by atoms with van der Waals surface area (Å²) in [6.07, 6.45) is -5.95. The highest BCUT2D eigenvalue weighted by Gasteiger charge is 2.31. The van der Waals surface area contributed by atoms with Crippen LogP contribution in [0.15, 0.2) is 42.5 Å². The average molecular weight is 397 g/mol. The Morgan fingerprint density at radius 2 is 1.71 bits per heavy atom. The van der Waals surface area contributed by atoms with E-state index in [9.17, 15) is 22.8 Å². The van der Waals surface area contributed by atoms with Gasteiger partial charge >= 0.3 is 12.3 Å². The predicted molar refractivity (Wildman–Crippen MR) is 94.4 cm³/mol. The number of rotatable bonds is 6. The summed E-state index contributed by atoms with van der Waals surface area (Å²) in [4.78, 5) is 24.5. The van der Waals surface area contributed by atoms with E-state index in [0.29, 0.717) is 5.75 Å². The third-order valence-corrected chi connectivity index (χ3v) is 3.58. The molecule has 0 unspecified atom stereocenters. The second-order valence-electron chi connectivity index (χ2n) is 5.81. The lowest BCUT2D eigenvalue weighted by Crippen LogP contribution is -2.30. The molecule has 0 saturated heterocycles. The van der Waals surface area contributed by atoms with Gasteiger partial charge < -0.3 is 19.5 Å². The number of benzene rings is 2. The Morgan fingerprint density at radius 3 is 2.29 bits per heavy atom. The lowest BCUT2D eigenvalue weighted by Gasteiger charge is -2.15. The van der Waals surface area contributed by atoms with E-state index in [-0.39, 0.29) is 11.3 Å². The summed E-state index contributed by atoms with van der Waals surface area (Å²) in [5.74, 6) is -1.50. The number of ether oxygens (including phenoxy) is 3. The van der Waals surface area contributed by atoms with Crippen LogP contribution >= 0.6 is 0 Å². The van der Waals surface area contributed by atoms with Crippen LogP contribution in [0.2, 0.25) is 0 Å². The first kappa shape index (κ1) is 21.1. The van der Waals surface area contributed by atoms with Crippen molar-refractivity contribution in [3.05, 3.63) is 53.6 Å². The van der Waals surface area contributed by atoms with Crippen molar-refractivity contribution in [2.45, 2.75) is 26.3 Å². The molecule has 150 valence electrons. The van der Waals surface area contributed by atoms with Crippen molar-refractivity contribution < 1.29 is 37.0 Å². The van der Waals surface area contributed by atoms with Crippen LogP contribution in [0.25, 0.3) is 0 Å². The molecule has 0 aliphatic carbocycles. The molecule has 28 heavy (non-hydrogen) atoms. The minimum absolute atomic E-state index is 0.177. The number of carbonyl (C=O) groups excluding carboxylic acids is 2. The van der Waals surface area contributed by atoms with Gasteiger partial charge in [0.15, 0.2) is 6.10 Å². The van der Waals surface area contributed by atoms with Gasteiger partial charge in [0.05, 0.1) is 7.11 Å². The van der Waals surface area contributed by atoms with Gasteiger partial charge in [-0.05, 0) is 50.2 Å². The molecule has 0 saturated carbocycles. The lowest BCUT2D eigenvalue weighted by molar-refractivity contribution is -0.274. The highest BCUT2D eigenvalue weighted by molar-refractivity contribution is 5.98. The summed E-state index contributed by atoms with van der Waals surface area (Å²) >= 11 is 0. The number of esters is 1. The quantitative estimate of drug-likeness (QED) is 0.744. The number of methoxy groups -OCH3 is 1. The molecule has 9 heteroatoms. The SMILES string of the molecule is COc1ccc(C)cc1C(=O)O[C@@H](C)C(=O)Nc1ccc(OC(F)(F)F)cc1. The maximum Gasteiger partial charge on any atom is 0.573 e. The molecule has 0 bridgehead atoms. The van der Waals surface area contributed by atoms with Crippen molar-refractivity contribution >= 4 is 17.6 Å². The van der Waals surface area contributed by atoms with Crippen molar-refractivity contribution in [1.82, 2.24) is 0 Å². The number of hydrogen-bond acceptors (Lipinski definition) is 5. The molecule has 0 spiro atoms. The van der Waals surface area contributed by atoms with Crippen LogP contribution in [0.3, 0.4) is 0 Å². The van der Waals surface area contributed by atoms with E-state index in [2.05, 4.69) is 10.1 Å². The van der Waals surface area contributed by atoms with Crippen LogP contribution in [0, 0.1) is 6.92 Å². The monoisotopic (exact) mass is 397 g/mol. The highest BCUT2D eigenvalue weighted by atomic mass is 19.4. The molecule has 0 aromatic heterocycles.